The van der Waals surface area contributed by atoms with Gasteiger partial charge in [0, 0.05) is 24.6 Å². The Morgan fingerprint density at radius 3 is 2.48 bits per heavy atom. The first-order chi connectivity index (χ1) is 10.2. The molecule has 3 rings (SSSR count). The molecular weight excluding hydrogens is 260 g/mol. The normalized spacial score (nSPS) is 28.6. The summed E-state index contributed by atoms with van der Waals surface area (Å²) in [4.78, 5) is 9.44. The molecule has 0 saturated heterocycles. The molecule has 3 atom stereocenters. The van der Waals surface area contributed by atoms with Gasteiger partial charge in [0.15, 0.2) is 0 Å². The Balaban J connectivity index is 1.75. The lowest BCUT2D eigenvalue weighted by Gasteiger charge is -2.21. The lowest BCUT2D eigenvalue weighted by Crippen LogP contribution is -2.25. The van der Waals surface area contributed by atoms with E-state index in [1.807, 2.05) is 0 Å². The molecule has 0 radical (unpaired) electrons. The van der Waals surface area contributed by atoms with Crippen LogP contribution in [0.4, 0.5) is 11.6 Å². The lowest BCUT2D eigenvalue weighted by molar-refractivity contribution is 0.435. The number of nitrogens with zero attached hydrogens (tertiary/aromatic N) is 2. The second-order valence-electron chi connectivity index (χ2n) is 6.86. The first-order valence-corrected chi connectivity index (χ1v) is 8.56. The van der Waals surface area contributed by atoms with Crippen molar-refractivity contribution in [1.82, 2.24) is 9.97 Å². The van der Waals surface area contributed by atoms with Crippen LogP contribution in [0.3, 0.4) is 0 Å². The topological polar surface area (TPSA) is 49.8 Å². The van der Waals surface area contributed by atoms with Gasteiger partial charge in [0.2, 0.25) is 0 Å². The van der Waals surface area contributed by atoms with E-state index in [2.05, 4.69) is 42.5 Å². The van der Waals surface area contributed by atoms with Gasteiger partial charge in [-0.25, -0.2) is 9.97 Å². The zero-order valence-corrected chi connectivity index (χ0v) is 13.5. The number of hydrogen-bond donors (Lipinski definition) is 2. The molecule has 0 amide bonds. The molecule has 2 N–H and O–H groups in total. The minimum Gasteiger partial charge on any atom is -0.370 e. The third kappa shape index (κ3) is 3.47. The van der Waals surface area contributed by atoms with Crippen molar-refractivity contribution in [3.8, 4) is 0 Å². The summed E-state index contributed by atoms with van der Waals surface area (Å²) in [5.74, 6) is 5.14. The molecular formula is C17H28N4. The van der Waals surface area contributed by atoms with Crippen LogP contribution in [0, 0.1) is 11.8 Å². The second kappa shape index (κ2) is 6.20. The maximum atomic E-state index is 4.76. The molecule has 21 heavy (non-hydrogen) atoms. The molecule has 2 aliphatic rings. The van der Waals surface area contributed by atoms with Gasteiger partial charge >= 0.3 is 0 Å². The zero-order valence-electron chi connectivity index (χ0n) is 13.5. The fourth-order valence-electron chi connectivity index (χ4n) is 3.17. The highest BCUT2D eigenvalue weighted by atomic mass is 15.1. The van der Waals surface area contributed by atoms with Crippen LogP contribution in [-0.2, 0) is 0 Å². The molecule has 0 bridgehead atoms. The molecule has 2 saturated carbocycles. The van der Waals surface area contributed by atoms with Crippen LogP contribution in [0.5, 0.6) is 0 Å². The molecule has 1 aromatic rings. The van der Waals surface area contributed by atoms with Crippen molar-refractivity contribution in [3.63, 3.8) is 0 Å². The average molecular weight is 288 g/mol. The number of anilines is 2. The SMILES string of the molecule is CCCNc1cc(NC2CCC(C)C2C)nc(C2CC2)n1. The van der Waals surface area contributed by atoms with E-state index < -0.39 is 0 Å². The van der Waals surface area contributed by atoms with Crippen LogP contribution < -0.4 is 10.6 Å². The van der Waals surface area contributed by atoms with E-state index in [0.717, 1.165) is 42.3 Å². The van der Waals surface area contributed by atoms with Crippen molar-refractivity contribution in [2.45, 2.75) is 64.8 Å². The van der Waals surface area contributed by atoms with Gasteiger partial charge < -0.3 is 10.6 Å². The average Bonchev–Trinajstić information content (AvgIpc) is 3.28. The van der Waals surface area contributed by atoms with E-state index in [1.54, 1.807) is 0 Å². The van der Waals surface area contributed by atoms with Gasteiger partial charge in [0.05, 0.1) is 0 Å². The van der Waals surface area contributed by atoms with E-state index in [-0.39, 0.29) is 0 Å². The molecule has 0 spiro atoms. The molecule has 1 aromatic heterocycles. The second-order valence-corrected chi connectivity index (χ2v) is 6.86. The van der Waals surface area contributed by atoms with E-state index in [4.69, 9.17) is 4.98 Å². The maximum Gasteiger partial charge on any atom is 0.136 e. The van der Waals surface area contributed by atoms with E-state index >= 15 is 0 Å². The Labute approximate surface area is 128 Å². The third-order valence-corrected chi connectivity index (χ3v) is 5.04. The first-order valence-electron chi connectivity index (χ1n) is 8.56. The molecule has 2 aliphatic carbocycles. The fraction of sp³-hybridized carbons (Fsp3) is 0.765. The zero-order chi connectivity index (χ0) is 14.8. The summed E-state index contributed by atoms with van der Waals surface area (Å²) >= 11 is 0. The number of aromatic nitrogens is 2. The molecule has 2 fully saturated rings. The van der Waals surface area contributed by atoms with Crippen LogP contribution in [0.1, 0.15) is 64.6 Å². The standard InChI is InChI=1S/C17H28N4/c1-4-9-18-15-10-16(21-17(20-15)13-6-7-13)19-14-8-5-11(2)12(14)3/h10-14H,4-9H2,1-3H3,(H2,18,19,20,21). The van der Waals surface area contributed by atoms with Gasteiger partial charge in [-0.05, 0) is 43.9 Å². The molecule has 0 aliphatic heterocycles. The van der Waals surface area contributed by atoms with Gasteiger partial charge in [-0.1, -0.05) is 20.8 Å². The Morgan fingerprint density at radius 2 is 1.86 bits per heavy atom. The van der Waals surface area contributed by atoms with Gasteiger partial charge in [0.25, 0.3) is 0 Å². The van der Waals surface area contributed by atoms with Crippen molar-refractivity contribution >= 4 is 11.6 Å². The monoisotopic (exact) mass is 288 g/mol. The van der Waals surface area contributed by atoms with Crippen molar-refractivity contribution in [3.05, 3.63) is 11.9 Å². The summed E-state index contributed by atoms with van der Waals surface area (Å²) in [5, 5.41) is 7.08. The third-order valence-electron chi connectivity index (χ3n) is 5.04. The van der Waals surface area contributed by atoms with Gasteiger partial charge in [-0.2, -0.15) is 0 Å². The Kier molecular flexibility index (Phi) is 4.32. The predicted molar refractivity (Wildman–Crippen MR) is 87.8 cm³/mol. The summed E-state index contributed by atoms with van der Waals surface area (Å²) in [6, 6.07) is 2.64. The predicted octanol–water partition coefficient (Wildman–Crippen LogP) is 4.02. The van der Waals surface area contributed by atoms with Crippen LogP contribution in [-0.4, -0.2) is 22.6 Å². The van der Waals surface area contributed by atoms with Crippen LogP contribution in [0.25, 0.3) is 0 Å². The quantitative estimate of drug-likeness (QED) is 0.830. The largest absolute Gasteiger partial charge is 0.370 e. The Hall–Kier alpha value is -1.32. The fourth-order valence-corrected chi connectivity index (χ4v) is 3.17. The molecule has 4 nitrogen and oxygen atoms in total. The van der Waals surface area contributed by atoms with Crippen LogP contribution in [0.2, 0.25) is 0 Å². The van der Waals surface area contributed by atoms with Crippen molar-refractivity contribution in [2.75, 3.05) is 17.2 Å². The minimum absolute atomic E-state index is 0.556. The number of rotatable bonds is 6. The molecule has 4 heteroatoms. The smallest absolute Gasteiger partial charge is 0.136 e. The summed E-state index contributed by atoms with van der Waals surface area (Å²) in [5.41, 5.74) is 0. The Morgan fingerprint density at radius 1 is 1.10 bits per heavy atom. The number of nitrogens with one attached hydrogen (secondary N) is 2. The van der Waals surface area contributed by atoms with Gasteiger partial charge in [-0.15, -0.1) is 0 Å². The summed E-state index contributed by atoms with van der Waals surface area (Å²) in [6.07, 6.45) is 6.17. The highest BCUT2D eigenvalue weighted by molar-refractivity contribution is 5.49. The summed E-state index contributed by atoms with van der Waals surface area (Å²) < 4.78 is 0. The van der Waals surface area contributed by atoms with E-state index in [0.29, 0.717) is 12.0 Å². The number of hydrogen-bond acceptors (Lipinski definition) is 4. The molecule has 0 aromatic carbocycles. The van der Waals surface area contributed by atoms with Crippen LogP contribution >= 0.6 is 0 Å². The van der Waals surface area contributed by atoms with Gasteiger partial charge in [-0.3, -0.25) is 0 Å². The molecule has 116 valence electrons. The van der Waals surface area contributed by atoms with Crippen molar-refractivity contribution in [2.24, 2.45) is 11.8 Å². The maximum absolute atomic E-state index is 4.76. The summed E-state index contributed by atoms with van der Waals surface area (Å²) in [6.45, 7) is 7.86. The molecule has 1 heterocycles. The minimum atomic E-state index is 0.556. The van der Waals surface area contributed by atoms with Crippen LogP contribution in [0.15, 0.2) is 6.07 Å². The van der Waals surface area contributed by atoms with E-state index in [1.165, 1.54) is 25.7 Å². The van der Waals surface area contributed by atoms with Gasteiger partial charge in [0.1, 0.15) is 17.5 Å². The highest BCUT2D eigenvalue weighted by Crippen LogP contribution is 2.39. The highest BCUT2D eigenvalue weighted by Gasteiger charge is 2.31. The molecule has 3 unspecified atom stereocenters. The van der Waals surface area contributed by atoms with Crippen molar-refractivity contribution < 1.29 is 0 Å². The Bertz CT molecular complexity index is 484. The summed E-state index contributed by atoms with van der Waals surface area (Å²) in [7, 11) is 0. The lowest BCUT2D eigenvalue weighted by atomic mass is 9.98. The van der Waals surface area contributed by atoms with E-state index in [9.17, 15) is 0 Å². The first kappa shape index (κ1) is 14.6. The van der Waals surface area contributed by atoms with Crippen molar-refractivity contribution in [1.29, 1.82) is 0 Å².